The number of fused-ring (bicyclic) bond motifs is 3. The minimum absolute atomic E-state index is 0.0786. The average Bonchev–Trinajstić information content (AvgIpc) is 3.81. The molecule has 2 fully saturated rings. The number of imidazole rings is 1. The van der Waals surface area contributed by atoms with Crippen molar-refractivity contribution >= 4 is 34.4 Å². The third-order valence-corrected chi connectivity index (χ3v) is 12.1. The highest BCUT2D eigenvalue weighted by molar-refractivity contribution is 6.05. The van der Waals surface area contributed by atoms with E-state index in [0.717, 1.165) is 108 Å². The number of carbonyl (C=O) groups is 4. The third-order valence-electron chi connectivity index (χ3n) is 12.1. The van der Waals surface area contributed by atoms with Gasteiger partial charge in [0.25, 0.3) is 5.91 Å². The molecule has 0 bridgehead atoms. The molecule has 0 saturated carbocycles. The Kier molecular flexibility index (Phi) is 10.8. The molecule has 0 radical (unpaired) electrons. The summed E-state index contributed by atoms with van der Waals surface area (Å²) in [7, 11) is 0. The SMILES string of the molecule is CC(=O)N1CCn2c(C3CCOCC3)nc(-c3cccc4cc(-c5ccc(OCCCCCOc6cccc7c6CN(C6CCC(=O)NC6=O)C7=O)cc5)ncc34)c2C1. The van der Waals surface area contributed by atoms with Crippen molar-refractivity contribution in [3.8, 4) is 34.0 Å². The second kappa shape index (κ2) is 16.6. The lowest BCUT2D eigenvalue weighted by molar-refractivity contribution is -0.137. The number of aromatic nitrogens is 3. The van der Waals surface area contributed by atoms with Crippen molar-refractivity contribution in [3.63, 3.8) is 0 Å². The summed E-state index contributed by atoms with van der Waals surface area (Å²) < 4.78 is 20.2. The Morgan fingerprint density at radius 1 is 0.881 bits per heavy atom. The molecule has 6 heterocycles. The fourth-order valence-corrected chi connectivity index (χ4v) is 8.85. The maximum absolute atomic E-state index is 13.1. The van der Waals surface area contributed by atoms with E-state index < -0.39 is 11.9 Å². The summed E-state index contributed by atoms with van der Waals surface area (Å²) in [6.07, 6.45) is 6.98. The van der Waals surface area contributed by atoms with Crippen LogP contribution in [-0.4, -0.2) is 87.0 Å². The molecule has 3 aromatic carbocycles. The Morgan fingerprint density at radius 3 is 2.46 bits per heavy atom. The second-order valence-electron chi connectivity index (χ2n) is 15.8. The number of nitrogens with zero attached hydrogens (tertiary/aromatic N) is 5. The highest BCUT2D eigenvalue weighted by Crippen LogP contribution is 2.38. The van der Waals surface area contributed by atoms with E-state index in [2.05, 4.69) is 34.1 Å². The molecule has 4 aliphatic rings. The van der Waals surface area contributed by atoms with E-state index in [9.17, 15) is 19.2 Å². The quantitative estimate of drug-likeness (QED) is 0.112. The first-order valence-electron chi connectivity index (χ1n) is 20.8. The number of nitrogens with one attached hydrogen (secondary N) is 1. The predicted octanol–water partition coefficient (Wildman–Crippen LogP) is 6.41. The van der Waals surface area contributed by atoms with Crippen molar-refractivity contribution in [1.29, 1.82) is 0 Å². The first kappa shape index (κ1) is 38.4. The van der Waals surface area contributed by atoms with Crippen molar-refractivity contribution < 1.29 is 33.4 Å². The summed E-state index contributed by atoms with van der Waals surface area (Å²) >= 11 is 0. The Labute approximate surface area is 342 Å². The fraction of sp³-hybridized carbons (Fsp3) is 0.391. The zero-order valence-corrected chi connectivity index (χ0v) is 33.3. The lowest BCUT2D eigenvalue weighted by Gasteiger charge is -2.30. The van der Waals surface area contributed by atoms with E-state index in [1.54, 1.807) is 24.0 Å². The van der Waals surface area contributed by atoms with Crippen molar-refractivity contribution in [1.82, 2.24) is 29.7 Å². The van der Waals surface area contributed by atoms with Crippen LogP contribution in [-0.2, 0) is 38.8 Å². The van der Waals surface area contributed by atoms with E-state index in [1.807, 2.05) is 41.4 Å². The number of hydrogen-bond donors (Lipinski definition) is 1. The molecule has 5 aromatic rings. The van der Waals surface area contributed by atoms with Crippen LogP contribution >= 0.6 is 0 Å². The smallest absolute Gasteiger partial charge is 0.255 e. The summed E-state index contributed by atoms with van der Waals surface area (Å²) in [5.74, 6) is 2.04. The lowest BCUT2D eigenvalue weighted by atomic mass is 9.99. The van der Waals surface area contributed by atoms with Crippen LogP contribution in [0.3, 0.4) is 0 Å². The molecule has 1 unspecified atom stereocenters. The van der Waals surface area contributed by atoms with Crippen molar-refractivity contribution in [2.24, 2.45) is 0 Å². The number of ether oxygens (including phenoxy) is 3. The summed E-state index contributed by atoms with van der Waals surface area (Å²) in [4.78, 5) is 63.2. The molecule has 13 nitrogen and oxygen atoms in total. The van der Waals surface area contributed by atoms with Gasteiger partial charge >= 0.3 is 0 Å². The standard InChI is InChI=1S/C46H48N6O7/c1-29(53)50-19-20-51-40(28-50)43(49-44(51)31-17-23-57-24-18-31)34-8-5-7-32-25-38(47-26-36(32)34)30-11-13-33(14-12-30)58-21-3-2-4-22-59-41-10-6-9-35-37(41)27-52(46(35)56)39-15-16-42(54)48-45(39)55/h5-14,25-26,31,39H,2-4,15-24,27-28H2,1H3,(H,48,54,55). The highest BCUT2D eigenvalue weighted by Gasteiger charge is 2.40. The number of piperidine rings is 1. The van der Waals surface area contributed by atoms with Crippen LogP contribution in [0.2, 0.25) is 0 Å². The monoisotopic (exact) mass is 796 g/mol. The molecule has 4 aliphatic heterocycles. The number of unbranched alkanes of at least 4 members (excludes halogenated alkanes) is 2. The lowest BCUT2D eigenvalue weighted by Crippen LogP contribution is -2.52. The molecular weight excluding hydrogens is 749 g/mol. The van der Waals surface area contributed by atoms with Crippen LogP contribution in [0.15, 0.2) is 72.9 Å². The van der Waals surface area contributed by atoms with Gasteiger partial charge in [-0.15, -0.1) is 0 Å². The van der Waals surface area contributed by atoms with E-state index >= 15 is 0 Å². The first-order chi connectivity index (χ1) is 28.8. The van der Waals surface area contributed by atoms with Crippen molar-refractivity contribution in [2.45, 2.75) is 83.5 Å². The van der Waals surface area contributed by atoms with Gasteiger partial charge in [0.1, 0.15) is 23.4 Å². The van der Waals surface area contributed by atoms with Gasteiger partial charge in [0, 0.05) is 79.4 Å². The van der Waals surface area contributed by atoms with Gasteiger partial charge in [-0.25, -0.2) is 4.98 Å². The largest absolute Gasteiger partial charge is 0.494 e. The summed E-state index contributed by atoms with van der Waals surface area (Å²) in [6.45, 7) is 6.46. The van der Waals surface area contributed by atoms with Gasteiger partial charge in [0.15, 0.2) is 0 Å². The molecule has 13 heteroatoms. The maximum atomic E-state index is 13.1. The Bertz CT molecular complexity index is 2420. The summed E-state index contributed by atoms with van der Waals surface area (Å²) in [6, 6.07) is 21.2. The second-order valence-corrected chi connectivity index (χ2v) is 15.8. The van der Waals surface area contributed by atoms with Crippen molar-refractivity contribution in [3.05, 3.63) is 95.6 Å². The Morgan fingerprint density at radius 2 is 1.66 bits per heavy atom. The van der Waals surface area contributed by atoms with Crippen molar-refractivity contribution in [2.75, 3.05) is 33.0 Å². The minimum Gasteiger partial charge on any atom is -0.494 e. The molecule has 304 valence electrons. The number of pyridine rings is 1. The summed E-state index contributed by atoms with van der Waals surface area (Å²) in [5.41, 5.74) is 6.25. The zero-order valence-electron chi connectivity index (χ0n) is 33.3. The van der Waals surface area contributed by atoms with E-state index in [0.29, 0.717) is 50.0 Å². The van der Waals surface area contributed by atoms with Gasteiger partial charge in [-0.1, -0.05) is 24.3 Å². The van der Waals surface area contributed by atoms with Crippen LogP contribution < -0.4 is 14.8 Å². The van der Waals surface area contributed by atoms with Gasteiger partial charge in [-0.2, -0.15) is 0 Å². The first-order valence-corrected chi connectivity index (χ1v) is 20.8. The van der Waals surface area contributed by atoms with Gasteiger partial charge < -0.3 is 28.6 Å². The molecular formula is C46H48N6O7. The van der Waals surface area contributed by atoms with Gasteiger partial charge in [0.05, 0.1) is 43.4 Å². The average molecular weight is 797 g/mol. The molecule has 1 N–H and O–H groups in total. The number of imide groups is 1. The molecule has 59 heavy (non-hydrogen) atoms. The Balaban J connectivity index is 0.792. The van der Waals surface area contributed by atoms with E-state index in [-0.39, 0.29) is 30.7 Å². The summed E-state index contributed by atoms with van der Waals surface area (Å²) in [5, 5.41) is 4.45. The molecule has 2 saturated heterocycles. The number of hydrogen-bond acceptors (Lipinski definition) is 9. The molecule has 1 atom stereocenters. The zero-order chi connectivity index (χ0) is 40.5. The predicted molar refractivity (Wildman–Crippen MR) is 220 cm³/mol. The Hall–Kier alpha value is -6.08. The topological polar surface area (TPSA) is 145 Å². The molecule has 4 amide bonds. The van der Waals surface area contributed by atoms with E-state index in [4.69, 9.17) is 24.2 Å². The van der Waals surface area contributed by atoms with E-state index in [1.165, 1.54) is 0 Å². The van der Waals surface area contributed by atoms with Crippen LogP contribution in [0.5, 0.6) is 11.5 Å². The van der Waals surface area contributed by atoms with Crippen LogP contribution in [0.4, 0.5) is 0 Å². The number of benzene rings is 3. The highest BCUT2D eigenvalue weighted by atomic mass is 16.5. The van der Waals surface area contributed by atoms with Crippen LogP contribution in [0.1, 0.15) is 85.2 Å². The molecule has 0 spiro atoms. The van der Waals surface area contributed by atoms with Gasteiger partial charge in [-0.05, 0) is 86.4 Å². The third kappa shape index (κ3) is 7.78. The van der Waals surface area contributed by atoms with Crippen LogP contribution in [0.25, 0.3) is 33.3 Å². The fourth-order valence-electron chi connectivity index (χ4n) is 8.85. The normalized spacial score (nSPS) is 18.2. The molecule has 0 aliphatic carbocycles. The number of carbonyl (C=O) groups excluding carboxylic acids is 4. The van der Waals surface area contributed by atoms with Gasteiger partial charge in [0.2, 0.25) is 17.7 Å². The molecule has 9 rings (SSSR count). The number of amides is 4. The number of rotatable bonds is 12. The molecule has 2 aromatic heterocycles. The maximum Gasteiger partial charge on any atom is 0.255 e. The van der Waals surface area contributed by atoms with Crippen LogP contribution in [0, 0.1) is 0 Å². The van der Waals surface area contributed by atoms with Gasteiger partial charge in [-0.3, -0.25) is 29.5 Å². The minimum atomic E-state index is -0.653.